The van der Waals surface area contributed by atoms with E-state index in [1.165, 1.54) is 24.9 Å². The second-order valence-corrected chi connectivity index (χ2v) is 6.84. The molecule has 0 amide bonds. The van der Waals surface area contributed by atoms with Crippen LogP contribution < -0.4 is 0 Å². The Bertz CT molecular complexity index is 465. The van der Waals surface area contributed by atoms with Crippen LogP contribution in [0.3, 0.4) is 0 Å². The monoisotopic (exact) mass is 259 g/mol. The van der Waals surface area contributed by atoms with Crippen LogP contribution in [0.25, 0.3) is 0 Å². The van der Waals surface area contributed by atoms with Crippen LogP contribution >= 0.6 is 11.8 Å². The minimum absolute atomic E-state index is 0.0762. The highest BCUT2D eigenvalue weighted by atomic mass is 32.2. The van der Waals surface area contributed by atoms with Crippen molar-refractivity contribution in [3.8, 4) is 0 Å². The lowest BCUT2D eigenvalue weighted by Gasteiger charge is -2.01. The van der Waals surface area contributed by atoms with E-state index in [0.29, 0.717) is 11.4 Å². The van der Waals surface area contributed by atoms with Gasteiger partial charge >= 0.3 is 0 Å². The summed E-state index contributed by atoms with van der Waals surface area (Å²) in [6.07, 6.45) is 2.80. The highest BCUT2D eigenvalue weighted by molar-refractivity contribution is 8.00. The molecule has 1 rings (SSSR count). The van der Waals surface area contributed by atoms with Crippen molar-refractivity contribution in [3.05, 3.63) is 24.0 Å². The molecule has 4 nitrogen and oxygen atoms in total. The molecule has 88 valence electrons. The molecule has 0 fully saturated rings. The number of thioether (sulfide) groups is 1. The zero-order valence-electron chi connectivity index (χ0n) is 9.13. The predicted octanol–water partition coefficient (Wildman–Crippen LogP) is 1.42. The average Bonchev–Trinajstić information content (AvgIpc) is 2.16. The van der Waals surface area contributed by atoms with Crippen LogP contribution in [0, 0.1) is 0 Å². The topological polar surface area (TPSA) is 64.1 Å². The summed E-state index contributed by atoms with van der Waals surface area (Å²) < 4.78 is 21.8. The first kappa shape index (κ1) is 13.2. The van der Waals surface area contributed by atoms with Crippen LogP contribution in [0.5, 0.6) is 0 Å². The van der Waals surface area contributed by atoms with Crippen LogP contribution in [0.4, 0.5) is 0 Å². The Balaban J connectivity index is 2.53. The van der Waals surface area contributed by atoms with E-state index < -0.39 is 9.84 Å². The number of sulfone groups is 1. The molecule has 0 N–H and O–H groups in total. The van der Waals surface area contributed by atoms with Crippen LogP contribution in [0.15, 0.2) is 23.2 Å². The van der Waals surface area contributed by atoms with Gasteiger partial charge in [-0.15, -0.1) is 11.8 Å². The maximum Gasteiger partial charge on any atom is 0.178 e. The molecule has 0 saturated heterocycles. The van der Waals surface area contributed by atoms with Crippen LogP contribution in [0.2, 0.25) is 0 Å². The summed E-state index contributed by atoms with van der Waals surface area (Å²) >= 11 is 1.41. The first-order valence-corrected chi connectivity index (χ1v) is 7.70. The van der Waals surface area contributed by atoms with Gasteiger partial charge in [-0.2, -0.15) is 0 Å². The Hall–Kier alpha value is -0.880. The number of nitrogens with zero attached hydrogens (tertiary/aromatic N) is 1. The Morgan fingerprint density at radius 2 is 2.12 bits per heavy atom. The first-order valence-electron chi connectivity index (χ1n) is 4.66. The summed E-state index contributed by atoms with van der Waals surface area (Å²) in [4.78, 5) is 15.8. The largest absolute Gasteiger partial charge is 0.293 e. The van der Waals surface area contributed by atoms with Gasteiger partial charge in [-0.05, 0) is 12.1 Å². The lowest BCUT2D eigenvalue weighted by Crippen LogP contribution is -2.05. The molecular weight excluding hydrogens is 246 g/mol. The van der Waals surface area contributed by atoms with E-state index in [4.69, 9.17) is 0 Å². The van der Waals surface area contributed by atoms with Crippen molar-refractivity contribution >= 4 is 27.4 Å². The quantitative estimate of drug-likeness (QED) is 0.591. The summed E-state index contributed by atoms with van der Waals surface area (Å²) in [5, 5.41) is 0. The fourth-order valence-corrected chi connectivity index (χ4v) is 3.06. The lowest BCUT2D eigenvalue weighted by atomic mass is 10.3. The minimum atomic E-state index is -2.91. The molecule has 0 aromatic carbocycles. The maximum absolute atomic E-state index is 11.0. The van der Waals surface area contributed by atoms with Gasteiger partial charge in [0.2, 0.25) is 0 Å². The van der Waals surface area contributed by atoms with E-state index in [0.717, 1.165) is 4.90 Å². The average molecular weight is 259 g/mol. The molecule has 0 unspecified atom stereocenters. The van der Waals surface area contributed by atoms with Crippen molar-refractivity contribution in [3.63, 3.8) is 0 Å². The van der Waals surface area contributed by atoms with Crippen LogP contribution in [-0.2, 0) is 9.84 Å². The molecule has 0 spiro atoms. The molecule has 0 aliphatic rings. The summed E-state index contributed by atoms with van der Waals surface area (Å²) in [6, 6.07) is 3.42. The van der Waals surface area contributed by atoms with E-state index in [1.807, 2.05) is 0 Å². The number of carbonyl (C=O) groups is 1. The highest BCUT2D eigenvalue weighted by Gasteiger charge is 2.04. The predicted molar refractivity (Wildman–Crippen MR) is 64.7 cm³/mol. The molecule has 0 bridgehead atoms. The number of hydrogen-bond donors (Lipinski definition) is 0. The Labute approximate surface area is 99.4 Å². The standard InChI is InChI=1S/C10H13NO3S2/c1-8(12)10-4-3-9(7-11-10)15-5-6-16(2,13)14/h3-4,7H,5-6H2,1-2H3. The van der Waals surface area contributed by atoms with Crippen LogP contribution in [-0.4, -0.2) is 36.9 Å². The molecule has 0 saturated carbocycles. The molecule has 0 radical (unpaired) electrons. The number of Topliss-reactive ketones (excluding diaryl/α,β-unsaturated/α-hetero) is 1. The van der Waals surface area contributed by atoms with Crippen molar-refractivity contribution < 1.29 is 13.2 Å². The highest BCUT2D eigenvalue weighted by Crippen LogP contribution is 2.17. The van der Waals surface area contributed by atoms with Gasteiger partial charge in [0, 0.05) is 30.0 Å². The summed E-state index contributed by atoms with van der Waals surface area (Å²) in [6.45, 7) is 1.46. The van der Waals surface area contributed by atoms with Crippen molar-refractivity contribution in [1.82, 2.24) is 4.98 Å². The van der Waals surface area contributed by atoms with Gasteiger partial charge in [0.1, 0.15) is 15.5 Å². The van der Waals surface area contributed by atoms with E-state index >= 15 is 0 Å². The first-order chi connectivity index (χ1) is 7.38. The van der Waals surface area contributed by atoms with Gasteiger partial charge in [-0.25, -0.2) is 8.42 Å². The fourth-order valence-electron chi connectivity index (χ4n) is 0.985. The number of hydrogen-bond acceptors (Lipinski definition) is 5. The fraction of sp³-hybridized carbons (Fsp3) is 0.400. The van der Waals surface area contributed by atoms with Gasteiger partial charge in [0.25, 0.3) is 0 Å². The van der Waals surface area contributed by atoms with E-state index in [9.17, 15) is 13.2 Å². The third kappa shape index (κ3) is 4.76. The SMILES string of the molecule is CC(=O)c1ccc(SCCS(C)(=O)=O)cn1. The minimum Gasteiger partial charge on any atom is -0.293 e. The molecule has 1 heterocycles. The zero-order valence-corrected chi connectivity index (χ0v) is 10.8. The Morgan fingerprint density at radius 1 is 1.44 bits per heavy atom. The van der Waals surface area contributed by atoms with Crippen LogP contribution in [0.1, 0.15) is 17.4 Å². The Kier molecular flexibility index (Phi) is 4.49. The second kappa shape index (κ2) is 5.45. The second-order valence-electron chi connectivity index (χ2n) is 3.41. The molecular formula is C10H13NO3S2. The van der Waals surface area contributed by atoms with E-state index in [-0.39, 0.29) is 11.5 Å². The number of rotatable bonds is 5. The molecule has 1 aromatic heterocycles. The smallest absolute Gasteiger partial charge is 0.178 e. The summed E-state index contributed by atoms with van der Waals surface area (Å²) in [5.41, 5.74) is 0.424. The molecule has 0 aliphatic heterocycles. The van der Waals surface area contributed by atoms with Gasteiger partial charge in [-0.1, -0.05) is 0 Å². The molecule has 0 aliphatic carbocycles. The molecule has 6 heteroatoms. The van der Waals surface area contributed by atoms with Gasteiger partial charge in [0.15, 0.2) is 5.78 Å². The summed E-state index contributed by atoms with van der Waals surface area (Å²) in [5.74, 6) is 0.569. The van der Waals surface area contributed by atoms with Crippen molar-refractivity contribution in [2.45, 2.75) is 11.8 Å². The van der Waals surface area contributed by atoms with Crippen molar-refractivity contribution in [2.75, 3.05) is 17.8 Å². The molecule has 1 aromatic rings. The maximum atomic E-state index is 11.0. The summed E-state index contributed by atoms with van der Waals surface area (Å²) in [7, 11) is -2.91. The van der Waals surface area contributed by atoms with E-state index in [1.54, 1.807) is 18.3 Å². The Morgan fingerprint density at radius 3 is 2.56 bits per heavy atom. The van der Waals surface area contributed by atoms with Gasteiger partial charge in [-0.3, -0.25) is 9.78 Å². The normalized spacial score (nSPS) is 11.4. The molecule has 0 atom stereocenters. The number of aromatic nitrogens is 1. The van der Waals surface area contributed by atoms with Crippen molar-refractivity contribution in [1.29, 1.82) is 0 Å². The third-order valence-electron chi connectivity index (χ3n) is 1.82. The van der Waals surface area contributed by atoms with Gasteiger partial charge < -0.3 is 0 Å². The number of carbonyl (C=O) groups excluding carboxylic acids is 1. The van der Waals surface area contributed by atoms with Gasteiger partial charge in [0.05, 0.1) is 5.75 Å². The van der Waals surface area contributed by atoms with Crippen molar-refractivity contribution in [2.24, 2.45) is 0 Å². The zero-order chi connectivity index (χ0) is 12.2. The van der Waals surface area contributed by atoms with E-state index in [2.05, 4.69) is 4.98 Å². The number of pyridine rings is 1. The third-order valence-corrected chi connectivity index (χ3v) is 4.01. The number of ketones is 1. The lowest BCUT2D eigenvalue weighted by molar-refractivity contribution is 0.101. The molecule has 16 heavy (non-hydrogen) atoms.